The Balaban J connectivity index is 0.000000198. The monoisotopic (exact) mass is 749 g/mol. The number of piperazine rings is 1. The average molecular weight is 750 g/mol. The predicted molar refractivity (Wildman–Crippen MR) is 195 cm³/mol. The molecule has 3 aromatic rings. The molecular weight excluding hydrogens is 703 g/mol. The molecule has 0 radical (unpaired) electrons. The van der Waals surface area contributed by atoms with Gasteiger partial charge in [-0.15, -0.1) is 0 Å². The summed E-state index contributed by atoms with van der Waals surface area (Å²) in [6.45, 7) is 9.51. The lowest BCUT2D eigenvalue weighted by Gasteiger charge is -2.40. The van der Waals surface area contributed by atoms with Gasteiger partial charge >= 0.3 is 0 Å². The van der Waals surface area contributed by atoms with Gasteiger partial charge in [0.15, 0.2) is 23.0 Å². The molecule has 3 aliphatic heterocycles. The molecule has 0 aliphatic carbocycles. The topological polar surface area (TPSA) is 158 Å². The summed E-state index contributed by atoms with van der Waals surface area (Å²) >= 11 is 0. The van der Waals surface area contributed by atoms with Crippen LogP contribution in [0.5, 0.6) is 23.0 Å². The molecule has 1 fully saturated rings. The maximum atomic E-state index is 11.1. The van der Waals surface area contributed by atoms with Gasteiger partial charge in [-0.2, -0.15) is 16.8 Å². The van der Waals surface area contributed by atoms with E-state index < -0.39 is 20.2 Å². The molecule has 3 aliphatic rings. The number of pyridine rings is 1. The van der Waals surface area contributed by atoms with Crippen molar-refractivity contribution in [1.29, 1.82) is 0 Å². The number of aromatic nitrogens is 1. The highest BCUT2D eigenvalue weighted by Crippen LogP contribution is 2.40. The first-order valence-electron chi connectivity index (χ1n) is 16.8. The SMILES string of the molecule is CS(=O)(=O)OCCN(CCOS(C)(=O)=O)c1cccc2c1OCCO2.C[C@@H](CNc1ccccn1)N1CCN(c2cccc3c2OCCO3)CC1. The van der Waals surface area contributed by atoms with Crippen molar-refractivity contribution in [2.75, 3.05) is 113 Å². The predicted octanol–water partition coefficient (Wildman–Crippen LogP) is 2.69. The lowest BCUT2D eigenvalue weighted by Crippen LogP contribution is -2.51. The van der Waals surface area contributed by atoms with Crippen molar-refractivity contribution in [3.05, 3.63) is 60.8 Å². The Hall–Kier alpha value is -4.03. The molecular formula is C34H47N5O10S2. The Labute approximate surface area is 300 Å². The van der Waals surface area contributed by atoms with Crippen LogP contribution in [-0.4, -0.2) is 131 Å². The maximum Gasteiger partial charge on any atom is 0.264 e. The largest absolute Gasteiger partial charge is 0.486 e. The first-order chi connectivity index (χ1) is 24.5. The van der Waals surface area contributed by atoms with Crippen molar-refractivity contribution in [2.24, 2.45) is 0 Å². The van der Waals surface area contributed by atoms with E-state index in [4.69, 9.17) is 27.3 Å². The second-order valence-corrected chi connectivity index (χ2v) is 15.4. The number of benzene rings is 2. The van der Waals surface area contributed by atoms with Gasteiger partial charge in [-0.3, -0.25) is 13.3 Å². The van der Waals surface area contributed by atoms with Crippen molar-refractivity contribution in [1.82, 2.24) is 9.88 Å². The van der Waals surface area contributed by atoms with Crippen LogP contribution in [0.4, 0.5) is 17.2 Å². The van der Waals surface area contributed by atoms with Crippen LogP contribution in [0.3, 0.4) is 0 Å². The Morgan fingerprint density at radius 3 is 1.96 bits per heavy atom. The van der Waals surface area contributed by atoms with E-state index in [-0.39, 0.29) is 26.3 Å². The standard InChI is InChI=1S/C20H26N4O2.C14H21NO8S2/c1-16(15-22-19-7-2-3-8-21-19)23-9-11-24(12-10-23)17-5-4-6-18-20(17)26-14-13-25-18;1-24(16,17)22-8-6-15(7-9-23-25(2,18)19)12-4-3-5-13-14(12)21-11-10-20-13/h2-8,16H,9-15H2,1H3,(H,21,22);3-5H,6-11H2,1-2H3/t16-;/m0./s1. The molecule has 1 aromatic heterocycles. The van der Waals surface area contributed by atoms with Crippen LogP contribution in [0.15, 0.2) is 60.8 Å². The Kier molecular flexibility index (Phi) is 13.4. The fraction of sp³-hybridized carbons (Fsp3) is 0.500. The van der Waals surface area contributed by atoms with Crippen molar-refractivity contribution in [3.8, 4) is 23.0 Å². The van der Waals surface area contributed by atoms with E-state index in [0.29, 0.717) is 49.7 Å². The van der Waals surface area contributed by atoms with E-state index in [1.165, 1.54) is 0 Å². The molecule has 1 saturated heterocycles. The van der Waals surface area contributed by atoms with E-state index in [1.807, 2.05) is 30.5 Å². The zero-order chi connectivity index (χ0) is 36.3. The highest BCUT2D eigenvalue weighted by atomic mass is 32.2. The number of anilines is 3. The molecule has 2 aromatic carbocycles. The van der Waals surface area contributed by atoms with Crippen LogP contribution in [0.25, 0.3) is 0 Å². The zero-order valence-corrected chi connectivity index (χ0v) is 30.9. The summed E-state index contributed by atoms with van der Waals surface area (Å²) < 4.78 is 76.9. The van der Waals surface area contributed by atoms with E-state index in [1.54, 1.807) is 23.1 Å². The summed E-state index contributed by atoms with van der Waals surface area (Å²) in [5.41, 5.74) is 1.80. The number of nitrogens with one attached hydrogen (secondary N) is 1. The van der Waals surface area contributed by atoms with Gasteiger partial charge < -0.3 is 34.1 Å². The average Bonchev–Trinajstić information content (AvgIpc) is 3.12. The number of rotatable bonds is 14. The van der Waals surface area contributed by atoms with Crippen LogP contribution in [0.1, 0.15) is 6.92 Å². The fourth-order valence-electron chi connectivity index (χ4n) is 5.82. The smallest absolute Gasteiger partial charge is 0.264 e. The Morgan fingerprint density at radius 1 is 0.765 bits per heavy atom. The van der Waals surface area contributed by atoms with Gasteiger partial charge in [-0.05, 0) is 43.3 Å². The van der Waals surface area contributed by atoms with Crippen molar-refractivity contribution < 1.29 is 44.1 Å². The third kappa shape index (κ3) is 11.8. The van der Waals surface area contributed by atoms with Crippen molar-refractivity contribution in [2.45, 2.75) is 13.0 Å². The number of hydrogen-bond acceptors (Lipinski definition) is 15. The number of nitrogens with zero attached hydrogens (tertiary/aromatic N) is 4. The van der Waals surface area contributed by atoms with Crippen molar-refractivity contribution in [3.63, 3.8) is 0 Å². The first kappa shape index (κ1) is 38.2. The van der Waals surface area contributed by atoms with Gasteiger partial charge in [0.05, 0.1) is 37.1 Å². The number of fused-ring (bicyclic) bond motifs is 2. The minimum atomic E-state index is -3.57. The molecule has 280 valence electrons. The molecule has 1 N–H and O–H groups in total. The highest BCUT2D eigenvalue weighted by molar-refractivity contribution is 7.86. The van der Waals surface area contributed by atoms with Crippen molar-refractivity contribution >= 4 is 37.4 Å². The van der Waals surface area contributed by atoms with Crippen LogP contribution >= 0.6 is 0 Å². The molecule has 4 heterocycles. The van der Waals surface area contributed by atoms with Gasteiger partial charge in [0.2, 0.25) is 0 Å². The number of ether oxygens (including phenoxy) is 4. The summed E-state index contributed by atoms with van der Waals surface area (Å²) in [4.78, 5) is 11.0. The number of para-hydroxylation sites is 2. The third-order valence-corrected chi connectivity index (χ3v) is 9.46. The third-order valence-electron chi connectivity index (χ3n) is 8.27. The van der Waals surface area contributed by atoms with E-state index >= 15 is 0 Å². The second-order valence-electron chi connectivity index (χ2n) is 12.1. The normalized spacial score (nSPS) is 16.4. The molecule has 0 amide bonds. The maximum absolute atomic E-state index is 11.1. The van der Waals surface area contributed by atoms with Crippen LogP contribution in [0, 0.1) is 0 Å². The van der Waals surface area contributed by atoms with E-state index in [9.17, 15) is 16.8 Å². The van der Waals surface area contributed by atoms with Gasteiger partial charge in [-0.25, -0.2) is 4.98 Å². The van der Waals surface area contributed by atoms with Crippen LogP contribution in [-0.2, 0) is 28.6 Å². The Morgan fingerprint density at radius 2 is 1.35 bits per heavy atom. The summed E-state index contributed by atoms with van der Waals surface area (Å²) in [6, 6.07) is 17.9. The molecule has 0 bridgehead atoms. The quantitative estimate of drug-likeness (QED) is 0.240. The lowest BCUT2D eigenvalue weighted by molar-refractivity contribution is 0.170. The summed E-state index contributed by atoms with van der Waals surface area (Å²) in [5, 5.41) is 3.42. The molecule has 6 rings (SSSR count). The summed E-state index contributed by atoms with van der Waals surface area (Å²) in [7, 11) is -7.15. The van der Waals surface area contributed by atoms with Gasteiger partial charge in [0.1, 0.15) is 32.2 Å². The highest BCUT2D eigenvalue weighted by Gasteiger charge is 2.26. The molecule has 15 nitrogen and oxygen atoms in total. The molecule has 0 unspecified atom stereocenters. The molecule has 0 saturated carbocycles. The molecule has 0 spiro atoms. The minimum absolute atomic E-state index is 0.0950. The minimum Gasteiger partial charge on any atom is -0.486 e. The van der Waals surface area contributed by atoms with Gasteiger partial charge in [0.25, 0.3) is 20.2 Å². The second kappa shape index (κ2) is 17.9. The van der Waals surface area contributed by atoms with Crippen LogP contribution in [0.2, 0.25) is 0 Å². The molecule has 1 atom stereocenters. The Bertz CT molecular complexity index is 1740. The molecule has 51 heavy (non-hydrogen) atoms. The number of hydrogen-bond donors (Lipinski definition) is 1. The van der Waals surface area contributed by atoms with E-state index in [0.717, 1.165) is 68.2 Å². The molecule has 17 heteroatoms. The van der Waals surface area contributed by atoms with Gasteiger partial charge in [0, 0.05) is 58.1 Å². The van der Waals surface area contributed by atoms with Crippen LogP contribution < -0.4 is 34.1 Å². The fourth-order valence-corrected chi connectivity index (χ4v) is 6.57. The van der Waals surface area contributed by atoms with Gasteiger partial charge in [-0.1, -0.05) is 18.2 Å². The zero-order valence-electron chi connectivity index (χ0n) is 29.2. The summed E-state index contributed by atoms with van der Waals surface area (Å²) in [5.74, 6) is 3.79. The van der Waals surface area contributed by atoms with E-state index in [2.05, 4.69) is 39.2 Å². The first-order valence-corrected chi connectivity index (χ1v) is 20.4. The summed E-state index contributed by atoms with van der Waals surface area (Å²) in [6.07, 6.45) is 3.75. The lowest BCUT2D eigenvalue weighted by atomic mass is 10.2.